The third kappa shape index (κ3) is 5.01. The van der Waals surface area contributed by atoms with Crippen LogP contribution >= 0.6 is 22.9 Å². The Hall–Kier alpha value is -3.14. The van der Waals surface area contributed by atoms with E-state index in [2.05, 4.69) is 10.3 Å². The quantitative estimate of drug-likeness (QED) is 0.491. The lowest BCUT2D eigenvalue weighted by Gasteiger charge is -2.33. The van der Waals surface area contributed by atoms with Crippen LogP contribution in [-0.2, 0) is 20.7 Å². The number of nitrogens with one attached hydrogen (secondary N) is 1. The maximum Gasteiger partial charge on any atom is 0.265 e. The van der Waals surface area contributed by atoms with Crippen LogP contribution in [0, 0.1) is 0 Å². The highest BCUT2D eigenvalue weighted by Crippen LogP contribution is 2.37. The molecule has 10 heteroatoms. The molecule has 0 aliphatic carbocycles. The molecule has 1 unspecified atom stereocenters. The molecule has 2 heterocycles. The lowest BCUT2D eigenvalue weighted by Crippen LogP contribution is -2.49. The molecule has 0 spiro atoms. The van der Waals surface area contributed by atoms with Crippen LogP contribution < -0.4 is 19.7 Å². The van der Waals surface area contributed by atoms with Crippen molar-refractivity contribution in [3.8, 4) is 22.8 Å². The van der Waals surface area contributed by atoms with Crippen LogP contribution in [0.25, 0.3) is 11.3 Å². The number of amides is 2. The molecule has 0 saturated heterocycles. The summed E-state index contributed by atoms with van der Waals surface area (Å²) >= 11 is 7.72. The molecule has 3 aromatic rings. The Morgan fingerprint density at radius 1 is 1.29 bits per heavy atom. The molecule has 1 aliphatic heterocycles. The van der Waals surface area contributed by atoms with E-state index in [1.165, 1.54) is 12.0 Å². The molecule has 4 rings (SSSR count). The normalized spacial score (nSPS) is 13.8. The zero-order valence-corrected chi connectivity index (χ0v) is 20.5. The molecule has 8 nitrogen and oxygen atoms in total. The number of aromatic nitrogens is 1. The van der Waals surface area contributed by atoms with Crippen LogP contribution in [0.5, 0.6) is 11.5 Å². The predicted octanol–water partition coefficient (Wildman–Crippen LogP) is 4.41. The zero-order chi connectivity index (χ0) is 24.2. The number of nitrogens with zero attached hydrogens (tertiary/aromatic N) is 2. The van der Waals surface area contributed by atoms with Gasteiger partial charge >= 0.3 is 0 Å². The number of ether oxygens (including phenoxy) is 3. The van der Waals surface area contributed by atoms with E-state index in [0.717, 1.165) is 22.7 Å². The summed E-state index contributed by atoms with van der Waals surface area (Å²) in [5.74, 6) is 0.373. The second-order valence-electron chi connectivity index (χ2n) is 7.62. The minimum Gasteiger partial charge on any atom is -0.495 e. The highest BCUT2D eigenvalue weighted by atomic mass is 35.5. The number of methoxy groups -OCH3 is 2. The third-order valence-corrected chi connectivity index (χ3v) is 6.60. The van der Waals surface area contributed by atoms with E-state index in [1.807, 2.05) is 17.5 Å². The van der Waals surface area contributed by atoms with Crippen molar-refractivity contribution in [2.75, 3.05) is 37.7 Å². The SMILES string of the molecule is COCCc1nc(-c2ccc3c(c2)N(C(C)C(=O)Nc2ccc(OC)c(Cl)c2)C(=O)CO3)cs1. The van der Waals surface area contributed by atoms with Gasteiger partial charge in [-0.25, -0.2) is 4.98 Å². The van der Waals surface area contributed by atoms with Crippen LogP contribution in [0.1, 0.15) is 11.9 Å². The highest BCUT2D eigenvalue weighted by molar-refractivity contribution is 7.09. The van der Waals surface area contributed by atoms with E-state index in [9.17, 15) is 9.59 Å². The number of anilines is 2. The van der Waals surface area contributed by atoms with Crippen molar-refractivity contribution < 1.29 is 23.8 Å². The first-order valence-corrected chi connectivity index (χ1v) is 11.8. The number of hydrogen-bond acceptors (Lipinski definition) is 7. The first kappa shape index (κ1) is 24.0. The van der Waals surface area contributed by atoms with Gasteiger partial charge in [0, 0.05) is 30.2 Å². The summed E-state index contributed by atoms with van der Waals surface area (Å²) in [5, 5.41) is 6.12. The van der Waals surface area contributed by atoms with E-state index >= 15 is 0 Å². The lowest BCUT2D eigenvalue weighted by molar-refractivity contribution is -0.125. The van der Waals surface area contributed by atoms with Crippen LogP contribution in [0.2, 0.25) is 5.02 Å². The fourth-order valence-electron chi connectivity index (χ4n) is 3.61. The zero-order valence-electron chi connectivity index (χ0n) is 19.0. The second kappa shape index (κ2) is 10.4. The molecule has 34 heavy (non-hydrogen) atoms. The molecule has 2 amide bonds. The Kier molecular flexibility index (Phi) is 7.35. The molecule has 0 saturated carbocycles. The van der Waals surface area contributed by atoms with Gasteiger partial charge in [-0.15, -0.1) is 11.3 Å². The van der Waals surface area contributed by atoms with Gasteiger partial charge in [0.1, 0.15) is 17.5 Å². The van der Waals surface area contributed by atoms with E-state index in [4.69, 9.17) is 25.8 Å². The van der Waals surface area contributed by atoms with Gasteiger partial charge in [-0.2, -0.15) is 0 Å². The third-order valence-electron chi connectivity index (χ3n) is 5.39. The predicted molar refractivity (Wildman–Crippen MR) is 132 cm³/mol. The molecule has 0 fully saturated rings. The Morgan fingerprint density at radius 2 is 2.12 bits per heavy atom. The van der Waals surface area contributed by atoms with Gasteiger partial charge in [0.05, 0.1) is 35.1 Å². The summed E-state index contributed by atoms with van der Waals surface area (Å²) in [6.45, 7) is 2.13. The second-order valence-corrected chi connectivity index (χ2v) is 8.97. The van der Waals surface area contributed by atoms with Crippen LogP contribution in [0.4, 0.5) is 11.4 Å². The molecular weight excluding hydrogens is 478 g/mol. The van der Waals surface area contributed by atoms with Gasteiger partial charge in [0.2, 0.25) is 5.91 Å². The van der Waals surface area contributed by atoms with Crippen molar-refractivity contribution in [1.82, 2.24) is 4.98 Å². The fraction of sp³-hybridized carbons (Fsp3) is 0.292. The van der Waals surface area contributed by atoms with Gasteiger partial charge in [0.25, 0.3) is 5.91 Å². The standard InChI is InChI=1S/C24H24ClN3O5S/c1-14(24(30)26-16-5-7-20(32-3)17(25)11-16)28-19-10-15(4-6-21(19)33-12-23(28)29)18-13-34-22(27-18)8-9-31-2/h4-7,10-11,13-14H,8-9,12H2,1-3H3,(H,26,30). The number of hydrogen-bond donors (Lipinski definition) is 1. The van der Waals surface area contributed by atoms with Crippen molar-refractivity contribution >= 4 is 46.1 Å². The Balaban J connectivity index is 1.58. The average Bonchev–Trinajstić information content (AvgIpc) is 3.31. The van der Waals surface area contributed by atoms with Crippen molar-refractivity contribution in [2.24, 2.45) is 0 Å². The van der Waals surface area contributed by atoms with Crippen molar-refractivity contribution in [3.63, 3.8) is 0 Å². The molecule has 178 valence electrons. The van der Waals surface area contributed by atoms with Gasteiger partial charge in [0.15, 0.2) is 6.61 Å². The maximum absolute atomic E-state index is 13.0. The number of rotatable bonds is 8. The van der Waals surface area contributed by atoms with Crippen molar-refractivity contribution in [3.05, 3.63) is 51.8 Å². The highest BCUT2D eigenvalue weighted by Gasteiger charge is 2.33. The Labute approximate surface area is 206 Å². The number of fused-ring (bicyclic) bond motifs is 1. The molecule has 1 aromatic heterocycles. The van der Waals surface area contributed by atoms with Crippen LogP contribution in [0.3, 0.4) is 0 Å². The van der Waals surface area contributed by atoms with E-state index in [0.29, 0.717) is 34.5 Å². The summed E-state index contributed by atoms with van der Waals surface area (Å²) in [6.07, 6.45) is 0.729. The van der Waals surface area contributed by atoms with Crippen LogP contribution in [-0.4, -0.2) is 50.3 Å². The summed E-state index contributed by atoms with van der Waals surface area (Å²) in [6, 6.07) is 9.68. The van der Waals surface area contributed by atoms with Crippen LogP contribution in [0.15, 0.2) is 41.8 Å². The van der Waals surface area contributed by atoms with Gasteiger partial charge in [-0.05, 0) is 43.3 Å². The molecule has 1 aliphatic rings. The number of thiazole rings is 1. The molecule has 0 bridgehead atoms. The number of benzene rings is 2. The number of carbonyl (C=O) groups is 2. The van der Waals surface area contributed by atoms with Gasteiger partial charge in [-0.1, -0.05) is 11.6 Å². The molecule has 2 aromatic carbocycles. The molecular formula is C24H24ClN3O5S. The monoisotopic (exact) mass is 501 g/mol. The Bertz CT molecular complexity index is 1220. The minimum atomic E-state index is -0.793. The summed E-state index contributed by atoms with van der Waals surface area (Å²) < 4.78 is 15.9. The molecule has 1 atom stereocenters. The van der Waals surface area contributed by atoms with E-state index in [-0.39, 0.29) is 18.4 Å². The van der Waals surface area contributed by atoms with E-state index < -0.39 is 6.04 Å². The van der Waals surface area contributed by atoms with Crippen molar-refractivity contribution in [1.29, 1.82) is 0 Å². The first-order chi connectivity index (χ1) is 16.4. The summed E-state index contributed by atoms with van der Waals surface area (Å²) in [4.78, 5) is 32.0. The summed E-state index contributed by atoms with van der Waals surface area (Å²) in [5.41, 5.74) is 2.65. The smallest absolute Gasteiger partial charge is 0.265 e. The largest absolute Gasteiger partial charge is 0.495 e. The average molecular weight is 502 g/mol. The van der Waals surface area contributed by atoms with Crippen molar-refractivity contribution in [2.45, 2.75) is 19.4 Å². The van der Waals surface area contributed by atoms with Gasteiger partial charge in [-0.3, -0.25) is 14.5 Å². The lowest BCUT2D eigenvalue weighted by atomic mass is 10.1. The minimum absolute atomic E-state index is 0.143. The maximum atomic E-state index is 13.0. The Morgan fingerprint density at radius 3 is 2.85 bits per heavy atom. The summed E-state index contributed by atoms with van der Waals surface area (Å²) in [7, 11) is 3.17. The molecule has 1 N–H and O–H groups in total. The topological polar surface area (TPSA) is 90.0 Å². The fourth-order valence-corrected chi connectivity index (χ4v) is 4.66. The number of halogens is 1. The number of carbonyl (C=O) groups excluding carboxylic acids is 2. The van der Waals surface area contributed by atoms with Gasteiger partial charge < -0.3 is 19.5 Å². The van der Waals surface area contributed by atoms with E-state index in [1.54, 1.807) is 49.6 Å². The first-order valence-electron chi connectivity index (χ1n) is 10.6. The molecule has 0 radical (unpaired) electrons.